The van der Waals surface area contributed by atoms with Crippen LogP contribution >= 0.6 is 0 Å². The molecule has 21 heavy (non-hydrogen) atoms. The van der Waals surface area contributed by atoms with Crippen molar-refractivity contribution < 1.29 is 14.3 Å². The number of benzene rings is 2. The summed E-state index contributed by atoms with van der Waals surface area (Å²) in [7, 11) is 0. The summed E-state index contributed by atoms with van der Waals surface area (Å²) in [6.07, 6.45) is 0. The average Bonchev–Trinajstić information content (AvgIpc) is 2.74. The highest BCUT2D eigenvalue weighted by atomic mass is 19.1. The number of hydrogen-bond acceptors (Lipinski definition) is 2. The molecule has 0 aliphatic heterocycles. The van der Waals surface area contributed by atoms with Gasteiger partial charge < -0.3 is 5.11 Å². The Balaban J connectivity index is 2.35. The Kier molecular flexibility index (Phi) is 2.97. The quantitative estimate of drug-likeness (QED) is 0.783. The predicted octanol–water partition coefficient (Wildman–Crippen LogP) is 3.48. The van der Waals surface area contributed by atoms with E-state index in [-0.39, 0.29) is 11.4 Å². The molecule has 106 valence electrons. The van der Waals surface area contributed by atoms with Crippen molar-refractivity contribution in [1.82, 2.24) is 9.55 Å². The van der Waals surface area contributed by atoms with E-state index in [1.165, 1.54) is 12.1 Å². The Morgan fingerprint density at radius 3 is 2.71 bits per heavy atom. The first-order chi connectivity index (χ1) is 9.99. The monoisotopic (exact) mass is 284 g/mol. The maximum Gasteiger partial charge on any atom is 0.336 e. The van der Waals surface area contributed by atoms with Gasteiger partial charge in [-0.3, -0.25) is 4.57 Å². The van der Waals surface area contributed by atoms with E-state index in [1.54, 1.807) is 35.8 Å². The normalized spacial score (nSPS) is 11.0. The minimum atomic E-state index is -0.984. The first kappa shape index (κ1) is 13.3. The fourth-order valence-corrected chi connectivity index (χ4v) is 2.57. The smallest absolute Gasteiger partial charge is 0.336 e. The third-order valence-corrected chi connectivity index (χ3v) is 3.56. The fraction of sp³-hybridized carbons (Fsp3) is 0.125. The van der Waals surface area contributed by atoms with E-state index in [0.29, 0.717) is 28.1 Å². The summed E-state index contributed by atoms with van der Waals surface area (Å²) >= 11 is 0. The van der Waals surface area contributed by atoms with Crippen LogP contribution in [0.1, 0.15) is 21.7 Å². The van der Waals surface area contributed by atoms with E-state index in [2.05, 4.69) is 4.98 Å². The molecule has 0 aliphatic rings. The maximum atomic E-state index is 13.5. The number of aryl methyl sites for hydroxylation is 1. The van der Waals surface area contributed by atoms with Crippen LogP contribution in [0.2, 0.25) is 0 Å². The Hall–Kier alpha value is -2.69. The van der Waals surface area contributed by atoms with Gasteiger partial charge in [-0.2, -0.15) is 0 Å². The van der Waals surface area contributed by atoms with Crippen LogP contribution in [0.5, 0.6) is 0 Å². The van der Waals surface area contributed by atoms with Gasteiger partial charge in [-0.15, -0.1) is 0 Å². The van der Waals surface area contributed by atoms with Gasteiger partial charge in [0.1, 0.15) is 11.6 Å². The van der Waals surface area contributed by atoms with E-state index < -0.39 is 5.97 Å². The number of fused-ring (bicyclic) bond motifs is 1. The number of hydrogen-bond donors (Lipinski definition) is 1. The lowest BCUT2D eigenvalue weighted by molar-refractivity contribution is 0.0696. The van der Waals surface area contributed by atoms with Gasteiger partial charge in [0, 0.05) is 6.07 Å². The molecule has 5 heteroatoms. The van der Waals surface area contributed by atoms with E-state index in [4.69, 9.17) is 0 Å². The first-order valence-corrected chi connectivity index (χ1v) is 6.47. The van der Waals surface area contributed by atoms with Crippen molar-refractivity contribution in [2.45, 2.75) is 13.8 Å². The summed E-state index contributed by atoms with van der Waals surface area (Å²) in [4.78, 5) is 15.7. The molecule has 3 aromatic rings. The van der Waals surface area contributed by atoms with Gasteiger partial charge in [0.15, 0.2) is 0 Å². The highest BCUT2D eigenvalue weighted by molar-refractivity contribution is 5.91. The predicted molar refractivity (Wildman–Crippen MR) is 77.5 cm³/mol. The summed E-state index contributed by atoms with van der Waals surface area (Å²) in [5, 5.41) is 9.23. The molecule has 2 aromatic carbocycles. The summed E-state index contributed by atoms with van der Waals surface area (Å²) < 4.78 is 15.3. The van der Waals surface area contributed by atoms with Crippen LogP contribution in [0.15, 0.2) is 36.4 Å². The Bertz CT molecular complexity index is 868. The molecule has 0 aliphatic carbocycles. The summed E-state index contributed by atoms with van der Waals surface area (Å²) in [6, 6.07) is 9.42. The number of rotatable bonds is 2. The molecule has 0 spiro atoms. The highest BCUT2D eigenvalue weighted by Crippen LogP contribution is 2.25. The molecule has 0 atom stereocenters. The first-order valence-electron chi connectivity index (χ1n) is 6.47. The molecule has 0 bridgehead atoms. The summed E-state index contributed by atoms with van der Waals surface area (Å²) in [6.45, 7) is 3.55. The lowest BCUT2D eigenvalue weighted by Gasteiger charge is -2.12. The van der Waals surface area contributed by atoms with Crippen LogP contribution in [0.25, 0.3) is 16.7 Å². The van der Waals surface area contributed by atoms with Gasteiger partial charge in [-0.1, -0.05) is 6.07 Å². The Morgan fingerprint density at radius 1 is 1.24 bits per heavy atom. The molecule has 1 aromatic heterocycles. The molecule has 4 nitrogen and oxygen atoms in total. The second kappa shape index (κ2) is 4.70. The van der Waals surface area contributed by atoms with Crippen molar-refractivity contribution in [2.75, 3.05) is 0 Å². The van der Waals surface area contributed by atoms with Crippen LogP contribution in [0.3, 0.4) is 0 Å². The number of aromatic carboxylic acids is 1. The van der Waals surface area contributed by atoms with Crippen LogP contribution < -0.4 is 0 Å². The van der Waals surface area contributed by atoms with Crippen molar-refractivity contribution in [3.05, 3.63) is 59.2 Å². The second-order valence-electron chi connectivity index (χ2n) is 4.88. The number of imidazole rings is 1. The lowest BCUT2D eigenvalue weighted by atomic mass is 10.1. The minimum absolute atomic E-state index is 0.227. The zero-order valence-electron chi connectivity index (χ0n) is 11.6. The van der Waals surface area contributed by atoms with Crippen molar-refractivity contribution in [1.29, 1.82) is 0 Å². The highest BCUT2D eigenvalue weighted by Gasteiger charge is 2.15. The largest absolute Gasteiger partial charge is 0.478 e. The lowest BCUT2D eigenvalue weighted by Crippen LogP contribution is -2.06. The van der Waals surface area contributed by atoms with Crippen LogP contribution in [0.4, 0.5) is 4.39 Å². The number of carbonyl (C=O) groups is 1. The molecule has 3 rings (SSSR count). The number of carboxylic acid groups (broad SMARTS) is 1. The number of carboxylic acids is 1. The zero-order valence-corrected chi connectivity index (χ0v) is 11.6. The molecule has 1 N–H and O–H groups in total. The van der Waals surface area contributed by atoms with Crippen molar-refractivity contribution in [3.8, 4) is 5.69 Å². The van der Waals surface area contributed by atoms with Gasteiger partial charge in [-0.05, 0) is 43.7 Å². The topological polar surface area (TPSA) is 55.1 Å². The molecule has 0 saturated carbocycles. The summed E-state index contributed by atoms with van der Waals surface area (Å²) in [5.41, 5.74) is 2.84. The molecular weight excluding hydrogens is 271 g/mol. The maximum absolute atomic E-state index is 13.5. The standard InChI is InChI=1S/C16H13FN2O2/c1-9-12(16(20)21)4-3-5-14(9)19-10(2)18-13-7-6-11(17)8-15(13)19/h3-8H,1-2H3,(H,20,21). The third-order valence-electron chi connectivity index (χ3n) is 3.56. The average molecular weight is 284 g/mol. The van der Waals surface area contributed by atoms with Crippen molar-refractivity contribution in [3.63, 3.8) is 0 Å². The van der Waals surface area contributed by atoms with E-state index in [1.807, 2.05) is 6.92 Å². The van der Waals surface area contributed by atoms with E-state index in [9.17, 15) is 14.3 Å². The van der Waals surface area contributed by atoms with Crippen LogP contribution in [0, 0.1) is 19.7 Å². The van der Waals surface area contributed by atoms with Gasteiger partial charge in [0.25, 0.3) is 0 Å². The minimum Gasteiger partial charge on any atom is -0.478 e. The molecule has 0 radical (unpaired) electrons. The van der Waals surface area contributed by atoms with E-state index >= 15 is 0 Å². The third kappa shape index (κ3) is 2.07. The van der Waals surface area contributed by atoms with Crippen LogP contribution in [-0.4, -0.2) is 20.6 Å². The molecular formula is C16H13FN2O2. The Labute approximate surface area is 120 Å². The molecule has 0 fully saturated rings. The fourth-order valence-electron chi connectivity index (χ4n) is 2.57. The van der Waals surface area contributed by atoms with Gasteiger partial charge in [0.05, 0.1) is 22.3 Å². The van der Waals surface area contributed by atoms with Crippen LogP contribution in [-0.2, 0) is 0 Å². The number of halogens is 1. The van der Waals surface area contributed by atoms with Gasteiger partial charge >= 0.3 is 5.97 Å². The molecule has 0 saturated heterocycles. The van der Waals surface area contributed by atoms with Gasteiger partial charge in [-0.25, -0.2) is 14.2 Å². The molecule has 0 unspecified atom stereocenters. The van der Waals surface area contributed by atoms with Crippen molar-refractivity contribution in [2.24, 2.45) is 0 Å². The second-order valence-corrected chi connectivity index (χ2v) is 4.88. The molecule has 0 amide bonds. The Morgan fingerprint density at radius 2 is 2.00 bits per heavy atom. The summed E-state index contributed by atoms with van der Waals surface area (Å²) in [5.74, 6) is -0.653. The SMILES string of the molecule is Cc1c(C(=O)O)cccc1-n1c(C)nc2ccc(F)cc21. The van der Waals surface area contributed by atoms with Crippen molar-refractivity contribution >= 4 is 17.0 Å². The number of nitrogens with zero attached hydrogens (tertiary/aromatic N) is 2. The van der Waals surface area contributed by atoms with E-state index in [0.717, 1.165) is 0 Å². The molecule has 1 heterocycles. The zero-order chi connectivity index (χ0) is 15.1. The number of aromatic nitrogens is 2. The van der Waals surface area contributed by atoms with Gasteiger partial charge in [0.2, 0.25) is 0 Å².